The summed E-state index contributed by atoms with van der Waals surface area (Å²) >= 11 is 0. The molecule has 0 aliphatic rings. The van der Waals surface area contributed by atoms with Gasteiger partial charge in [0.1, 0.15) is 11.4 Å². The summed E-state index contributed by atoms with van der Waals surface area (Å²) in [4.78, 5) is 12.2. The molecule has 1 amide bonds. The van der Waals surface area contributed by atoms with Gasteiger partial charge in [0.05, 0.1) is 0 Å². The molecule has 0 aromatic heterocycles. The first-order chi connectivity index (χ1) is 10.3. The van der Waals surface area contributed by atoms with E-state index >= 15 is 0 Å². The molecule has 1 N–H and O–H groups in total. The highest BCUT2D eigenvalue weighted by molar-refractivity contribution is 5.94. The molecule has 0 fully saturated rings. The van der Waals surface area contributed by atoms with Crippen LogP contribution in [0, 0.1) is 6.92 Å². The van der Waals surface area contributed by atoms with E-state index in [-0.39, 0.29) is 11.5 Å². The molecule has 116 valence electrons. The lowest BCUT2D eigenvalue weighted by molar-refractivity contribution is 0.0949. The Bertz CT molecular complexity index is 639. The summed E-state index contributed by atoms with van der Waals surface area (Å²) < 4.78 is 5.94. The van der Waals surface area contributed by atoms with Gasteiger partial charge in [-0.2, -0.15) is 0 Å². The second-order valence-corrected chi connectivity index (χ2v) is 6.37. The van der Waals surface area contributed by atoms with Crippen LogP contribution in [0.5, 0.6) is 5.75 Å². The number of hydrogen-bond donors (Lipinski definition) is 1. The van der Waals surface area contributed by atoms with Crippen LogP contribution in [0.15, 0.2) is 48.5 Å². The van der Waals surface area contributed by atoms with Gasteiger partial charge in [0, 0.05) is 17.7 Å². The van der Waals surface area contributed by atoms with E-state index < -0.39 is 0 Å². The van der Waals surface area contributed by atoms with E-state index in [2.05, 4.69) is 5.32 Å². The second-order valence-electron chi connectivity index (χ2n) is 6.37. The molecule has 0 unspecified atom stereocenters. The SMILES string of the molecule is Cc1ccc(C(=O)NCc2ccccc2OC(C)(C)C)cc1. The Morgan fingerprint density at radius 3 is 2.32 bits per heavy atom. The monoisotopic (exact) mass is 297 g/mol. The lowest BCUT2D eigenvalue weighted by Gasteiger charge is -2.23. The van der Waals surface area contributed by atoms with Crippen molar-refractivity contribution in [2.75, 3.05) is 0 Å². The van der Waals surface area contributed by atoms with Gasteiger partial charge in [-0.05, 0) is 45.9 Å². The molecule has 0 bridgehead atoms. The number of benzene rings is 2. The first-order valence-corrected chi connectivity index (χ1v) is 7.47. The number of nitrogens with one attached hydrogen (secondary N) is 1. The smallest absolute Gasteiger partial charge is 0.251 e. The fourth-order valence-corrected chi connectivity index (χ4v) is 2.06. The van der Waals surface area contributed by atoms with Gasteiger partial charge in [0.25, 0.3) is 5.91 Å². The molecule has 0 heterocycles. The van der Waals surface area contributed by atoms with Crippen molar-refractivity contribution >= 4 is 5.91 Å². The van der Waals surface area contributed by atoms with Gasteiger partial charge in [-0.15, -0.1) is 0 Å². The van der Waals surface area contributed by atoms with E-state index in [1.807, 2.05) is 76.2 Å². The van der Waals surface area contributed by atoms with Crippen LogP contribution in [-0.2, 0) is 6.54 Å². The summed E-state index contributed by atoms with van der Waals surface area (Å²) in [7, 11) is 0. The van der Waals surface area contributed by atoms with Crippen LogP contribution in [0.4, 0.5) is 0 Å². The predicted octanol–water partition coefficient (Wildman–Crippen LogP) is 4.10. The molecule has 3 nitrogen and oxygen atoms in total. The Labute approximate surface area is 132 Å². The minimum Gasteiger partial charge on any atom is -0.488 e. The van der Waals surface area contributed by atoms with Gasteiger partial charge in [0.2, 0.25) is 0 Å². The summed E-state index contributed by atoms with van der Waals surface area (Å²) in [6.07, 6.45) is 0. The highest BCUT2D eigenvalue weighted by Crippen LogP contribution is 2.22. The molecular weight excluding hydrogens is 274 g/mol. The molecule has 0 atom stereocenters. The third kappa shape index (κ3) is 4.62. The van der Waals surface area contributed by atoms with Gasteiger partial charge >= 0.3 is 0 Å². The van der Waals surface area contributed by atoms with E-state index in [0.717, 1.165) is 16.9 Å². The Hall–Kier alpha value is -2.29. The average molecular weight is 297 g/mol. The number of hydrogen-bond acceptors (Lipinski definition) is 2. The Kier molecular flexibility index (Phi) is 4.86. The van der Waals surface area contributed by atoms with Gasteiger partial charge in [-0.25, -0.2) is 0 Å². The maximum absolute atomic E-state index is 12.2. The molecule has 2 aromatic carbocycles. The minimum absolute atomic E-state index is 0.0782. The van der Waals surface area contributed by atoms with Gasteiger partial charge < -0.3 is 10.1 Å². The lowest BCUT2D eigenvalue weighted by Crippen LogP contribution is -2.26. The molecule has 0 saturated carbocycles. The molecule has 0 aliphatic carbocycles. The molecular formula is C19H23NO2. The van der Waals surface area contributed by atoms with Gasteiger partial charge in [-0.3, -0.25) is 4.79 Å². The molecule has 0 saturated heterocycles. The van der Waals surface area contributed by atoms with Gasteiger partial charge in [0.15, 0.2) is 0 Å². The Balaban J connectivity index is 2.05. The van der Waals surface area contributed by atoms with Crippen LogP contribution >= 0.6 is 0 Å². The first-order valence-electron chi connectivity index (χ1n) is 7.47. The number of carbonyl (C=O) groups is 1. The molecule has 22 heavy (non-hydrogen) atoms. The summed E-state index contributed by atoms with van der Waals surface area (Å²) in [5.74, 6) is 0.727. The predicted molar refractivity (Wildman–Crippen MR) is 89.2 cm³/mol. The van der Waals surface area contributed by atoms with E-state index in [1.54, 1.807) is 0 Å². The number of carbonyl (C=O) groups excluding carboxylic acids is 1. The topological polar surface area (TPSA) is 38.3 Å². The van der Waals surface area contributed by atoms with E-state index in [0.29, 0.717) is 12.1 Å². The maximum atomic E-state index is 12.2. The first kappa shape index (κ1) is 16.1. The standard InChI is InChI=1S/C19H23NO2/c1-14-9-11-15(12-10-14)18(21)20-13-16-7-5-6-8-17(16)22-19(2,3)4/h5-12H,13H2,1-4H3,(H,20,21). The van der Waals surface area contributed by atoms with Crippen molar-refractivity contribution in [3.05, 3.63) is 65.2 Å². The normalized spacial score (nSPS) is 11.1. The Morgan fingerprint density at radius 1 is 1.05 bits per heavy atom. The highest BCUT2D eigenvalue weighted by atomic mass is 16.5. The fourth-order valence-electron chi connectivity index (χ4n) is 2.06. The number of aryl methyl sites for hydroxylation is 1. The van der Waals surface area contributed by atoms with Crippen molar-refractivity contribution < 1.29 is 9.53 Å². The third-order valence-corrected chi connectivity index (χ3v) is 3.14. The largest absolute Gasteiger partial charge is 0.488 e. The number of rotatable bonds is 4. The van der Waals surface area contributed by atoms with Crippen LogP contribution in [0.1, 0.15) is 42.3 Å². The molecule has 3 heteroatoms. The van der Waals surface area contributed by atoms with Crippen molar-refractivity contribution in [2.24, 2.45) is 0 Å². The minimum atomic E-state index is -0.267. The average Bonchev–Trinajstić information content (AvgIpc) is 2.45. The highest BCUT2D eigenvalue weighted by Gasteiger charge is 2.14. The summed E-state index contributed by atoms with van der Waals surface area (Å²) in [6, 6.07) is 15.3. The van der Waals surface area contributed by atoms with Crippen LogP contribution < -0.4 is 10.1 Å². The van der Waals surface area contributed by atoms with Gasteiger partial charge in [-0.1, -0.05) is 35.9 Å². The van der Waals surface area contributed by atoms with E-state index in [1.165, 1.54) is 0 Å². The zero-order valence-corrected chi connectivity index (χ0v) is 13.6. The Morgan fingerprint density at radius 2 is 1.68 bits per heavy atom. The summed E-state index contributed by atoms with van der Waals surface area (Å²) in [5.41, 5.74) is 2.51. The molecule has 0 spiro atoms. The molecule has 2 aromatic rings. The van der Waals surface area contributed by atoms with Crippen molar-refractivity contribution in [1.82, 2.24) is 5.32 Å². The second kappa shape index (κ2) is 6.65. The van der Waals surface area contributed by atoms with Crippen molar-refractivity contribution in [3.8, 4) is 5.75 Å². The number of para-hydroxylation sites is 1. The third-order valence-electron chi connectivity index (χ3n) is 3.14. The zero-order valence-electron chi connectivity index (χ0n) is 13.6. The van der Waals surface area contributed by atoms with Crippen LogP contribution in [0.2, 0.25) is 0 Å². The zero-order chi connectivity index (χ0) is 16.2. The number of ether oxygens (including phenoxy) is 1. The quantitative estimate of drug-likeness (QED) is 0.922. The summed E-state index contributed by atoms with van der Waals surface area (Å²) in [5, 5.41) is 2.94. The maximum Gasteiger partial charge on any atom is 0.251 e. The molecule has 0 aliphatic heterocycles. The van der Waals surface area contributed by atoms with Crippen LogP contribution in [-0.4, -0.2) is 11.5 Å². The molecule has 2 rings (SSSR count). The summed E-state index contributed by atoms with van der Waals surface area (Å²) in [6.45, 7) is 8.47. The number of amides is 1. The lowest BCUT2D eigenvalue weighted by atomic mass is 10.1. The van der Waals surface area contributed by atoms with E-state index in [9.17, 15) is 4.79 Å². The van der Waals surface area contributed by atoms with Crippen molar-refractivity contribution in [1.29, 1.82) is 0 Å². The van der Waals surface area contributed by atoms with E-state index in [4.69, 9.17) is 4.74 Å². The van der Waals surface area contributed by atoms with Crippen LogP contribution in [0.3, 0.4) is 0 Å². The fraction of sp³-hybridized carbons (Fsp3) is 0.316. The van der Waals surface area contributed by atoms with Crippen molar-refractivity contribution in [3.63, 3.8) is 0 Å². The molecule has 0 radical (unpaired) electrons. The van der Waals surface area contributed by atoms with Crippen LogP contribution in [0.25, 0.3) is 0 Å². The van der Waals surface area contributed by atoms with Crippen molar-refractivity contribution in [2.45, 2.75) is 39.8 Å².